The second-order valence-electron chi connectivity index (χ2n) is 6.46. The summed E-state index contributed by atoms with van der Waals surface area (Å²) in [7, 11) is 3.13. The number of anilines is 1. The number of thioether (sulfide) groups is 1. The highest BCUT2D eigenvalue weighted by Gasteiger charge is 2.21. The van der Waals surface area contributed by atoms with E-state index in [0.717, 1.165) is 16.1 Å². The van der Waals surface area contributed by atoms with Gasteiger partial charge in [0.15, 0.2) is 5.82 Å². The molecular weight excluding hydrogens is 402 g/mol. The maximum Gasteiger partial charge on any atom is 0.220 e. The fourth-order valence-electron chi connectivity index (χ4n) is 2.73. The smallest absolute Gasteiger partial charge is 0.220 e. The first-order valence-corrected chi connectivity index (χ1v) is 10.3. The van der Waals surface area contributed by atoms with Gasteiger partial charge in [-0.15, -0.1) is 11.8 Å². The molecule has 2 unspecified atom stereocenters. The number of ether oxygens (including phenoxy) is 2. The van der Waals surface area contributed by atoms with Gasteiger partial charge in [0.05, 0.1) is 38.2 Å². The summed E-state index contributed by atoms with van der Waals surface area (Å²) in [5.41, 5.74) is 1.92. The highest BCUT2D eigenvalue weighted by molar-refractivity contribution is 7.99. The van der Waals surface area contributed by atoms with Gasteiger partial charge in [-0.05, 0) is 29.8 Å². The zero-order valence-electron chi connectivity index (χ0n) is 16.9. The summed E-state index contributed by atoms with van der Waals surface area (Å²) in [5, 5.41) is 21.3. The number of nitrogens with one attached hydrogen (secondary N) is 1. The first-order valence-electron chi connectivity index (χ1n) is 9.44. The lowest BCUT2D eigenvalue weighted by atomic mass is 10.1. The normalized spacial score (nSPS) is 12.8. The predicted octanol–water partition coefficient (Wildman–Crippen LogP) is 3.14. The number of methoxy groups -OCH3 is 2. The molecule has 0 aliphatic carbocycles. The molecule has 3 rings (SSSR count). The van der Waals surface area contributed by atoms with Gasteiger partial charge in [-0.25, -0.2) is 0 Å². The van der Waals surface area contributed by atoms with Gasteiger partial charge < -0.3 is 25.0 Å². The van der Waals surface area contributed by atoms with Crippen LogP contribution in [0.15, 0.2) is 65.6 Å². The van der Waals surface area contributed by atoms with E-state index in [9.17, 15) is 5.11 Å². The van der Waals surface area contributed by atoms with Crippen LogP contribution in [0.2, 0.25) is 0 Å². The standard InChI is InChI=1S/C22H25N3O4S/c1-28-19-12-20(29-2)25-22(24-19)21(15-6-4-3-5-7-15)30-18-10-8-16(9-11-18)23-13-17(27)14-26/h3-12,17,21,23,26-27H,13-14H2,1-2H3. The van der Waals surface area contributed by atoms with Crippen molar-refractivity contribution in [3.05, 3.63) is 72.1 Å². The van der Waals surface area contributed by atoms with Crippen LogP contribution in [-0.4, -0.2) is 53.7 Å². The van der Waals surface area contributed by atoms with Gasteiger partial charge in [0.1, 0.15) is 0 Å². The third-order valence-corrected chi connectivity index (χ3v) is 5.58. The minimum atomic E-state index is -0.790. The third kappa shape index (κ3) is 5.85. The topological polar surface area (TPSA) is 96.7 Å². The van der Waals surface area contributed by atoms with E-state index in [4.69, 9.17) is 14.6 Å². The van der Waals surface area contributed by atoms with Crippen LogP contribution in [0.1, 0.15) is 16.6 Å². The number of aliphatic hydroxyl groups excluding tert-OH is 2. The molecule has 1 aromatic heterocycles. The fraction of sp³-hybridized carbons (Fsp3) is 0.273. The van der Waals surface area contributed by atoms with Crippen molar-refractivity contribution >= 4 is 17.4 Å². The van der Waals surface area contributed by atoms with Crippen molar-refractivity contribution in [1.29, 1.82) is 0 Å². The summed E-state index contributed by atoms with van der Waals surface area (Å²) >= 11 is 1.62. The quantitative estimate of drug-likeness (QED) is 0.425. The summed E-state index contributed by atoms with van der Waals surface area (Å²) in [6, 6.07) is 19.5. The molecule has 0 fully saturated rings. The van der Waals surface area contributed by atoms with Crippen molar-refractivity contribution in [2.24, 2.45) is 0 Å². The van der Waals surface area contributed by atoms with Crippen molar-refractivity contribution < 1.29 is 19.7 Å². The molecule has 0 spiro atoms. The average Bonchev–Trinajstić information content (AvgIpc) is 2.81. The van der Waals surface area contributed by atoms with Gasteiger partial charge in [-0.2, -0.15) is 9.97 Å². The Morgan fingerprint density at radius 1 is 0.967 bits per heavy atom. The number of aromatic nitrogens is 2. The van der Waals surface area contributed by atoms with Crippen LogP contribution >= 0.6 is 11.8 Å². The fourth-order valence-corrected chi connectivity index (χ4v) is 3.80. The second-order valence-corrected chi connectivity index (χ2v) is 7.64. The number of nitrogens with zero attached hydrogens (tertiary/aromatic N) is 2. The molecule has 0 saturated carbocycles. The first-order chi connectivity index (χ1) is 14.6. The minimum absolute atomic E-state index is 0.162. The Labute approximate surface area is 180 Å². The van der Waals surface area contributed by atoms with Crippen LogP contribution in [0.25, 0.3) is 0 Å². The van der Waals surface area contributed by atoms with Gasteiger partial charge >= 0.3 is 0 Å². The van der Waals surface area contributed by atoms with Crippen LogP contribution in [-0.2, 0) is 0 Å². The molecule has 0 aliphatic heterocycles. The summed E-state index contributed by atoms with van der Waals surface area (Å²) < 4.78 is 10.6. The lowest BCUT2D eigenvalue weighted by Crippen LogP contribution is -2.22. The van der Waals surface area contributed by atoms with Crippen LogP contribution in [0.3, 0.4) is 0 Å². The monoisotopic (exact) mass is 427 g/mol. The van der Waals surface area contributed by atoms with Crippen molar-refractivity contribution in [3.8, 4) is 11.8 Å². The van der Waals surface area contributed by atoms with E-state index in [1.165, 1.54) is 0 Å². The lowest BCUT2D eigenvalue weighted by Gasteiger charge is -2.18. The van der Waals surface area contributed by atoms with E-state index in [1.807, 2.05) is 54.6 Å². The molecular formula is C22H25N3O4S. The largest absolute Gasteiger partial charge is 0.481 e. The molecule has 30 heavy (non-hydrogen) atoms. The zero-order chi connectivity index (χ0) is 21.3. The van der Waals surface area contributed by atoms with Crippen LogP contribution in [0.4, 0.5) is 5.69 Å². The predicted molar refractivity (Wildman–Crippen MR) is 117 cm³/mol. The molecule has 0 aliphatic rings. The van der Waals surface area contributed by atoms with Gasteiger partial charge in [0, 0.05) is 17.1 Å². The molecule has 1 heterocycles. The van der Waals surface area contributed by atoms with E-state index >= 15 is 0 Å². The molecule has 3 aromatic rings. The molecule has 3 N–H and O–H groups in total. The molecule has 2 aromatic carbocycles. The van der Waals surface area contributed by atoms with Crippen LogP contribution < -0.4 is 14.8 Å². The molecule has 0 bridgehead atoms. The summed E-state index contributed by atoms with van der Waals surface area (Å²) in [6.07, 6.45) is -0.790. The van der Waals surface area contributed by atoms with E-state index in [0.29, 0.717) is 17.6 Å². The van der Waals surface area contributed by atoms with E-state index in [2.05, 4.69) is 15.3 Å². The average molecular weight is 428 g/mol. The van der Waals surface area contributed by atoms with Crippen LogP contribution in [0.5, 0.6) is 11.8 Å². The molecule has 0 saturated heterocycles. The summed E-state index contributed by atoms with van der Waals surface area (Å²) in [4.78, 5) is 10.1. The SMILES string of the molecule is COc1cc(OC)nc(C(Sc2ccc(NCC(O)CO)cc2)c2ccccc2)n1. The molecule has 158 valence electrons. The van der Waals surface area contributed by atoms with E-state index in [-0.39, 0.29) is 18.4 Å². The van der Waals surface area contributed by atoms with Crippen molar-refractivity contribution in [2.45, 2.75) is 16.2 Å². The van der Waals surface area contributed by atoms with E-state index in [1.54, 1.807) is 32.0 Å². The zero-order valence-corrected chi connectivity index (χ0v) is 17.7. The highest BCUT2D eigenvalue weighted by atomic mass is 32.2. The Morgan fingerprint density at radius 3 is 2.17 bits per heavy atom. The van der Waals surface area contributed by atoms with Gasteiger partial charge in [-0.1, -0.05) is 30.3 Å². The number of hydrogen-bond acceptors (Lipinski definition) is 8. The Bertz CT molecular complexity index is 903. The van der Waals surface area contributed by atoms with E-state index < -0.39 is 6.10 Å². The Hall–Kier alpha value is -2.81. The molecule has 7 nitrogen and oxygen atoms in total. The Kier molecular flexibility index (Phi) is 7.89. The molecule has 0 radical (unpaired) electrons. The van der Waals surface area contributed by atoms with Gasteiger partial charge in [0.25, 0.3) is 0 Å². The number of benzene rings is 2. The maximum absolute atomic E-state index is 9.48. The number of hydrogen-bond donors (Lipinski definition) is 3. The van der Waals surface area contributed by atoms with Crippen molar-refractivity contribution in [3.63, 3.8) is 0 Å². The lowest BCUT2D eigenvalue weighted by molar-refractivity contribution is 0.105. The molecule has 2 atom stereocenters. The van der Waals surface area contributed by atoms with Gasteiger partial charge in [-0.3, -0.25) is 0 Å². The van der Waals surface area contributed by atoms with Crippen molar-refractivity contribution in [2.75, 3.05) is 32.7 Å². The Balaban J connectivity index is 1.86. The minimum Gasteiger partial charge on any atom is -0.481 e. The second kappa shape index (κ2) is 10.8. The molecule has 0 amide bonds. The number of rotatable bonds is 10. The van der Waals surface area contributed by atoms with Crippen LogP contribution in [0, 0.1) is 0 Å². The maximum atomic E-state index is 9.48. The molecule has 8 heteroatoms. The first kappa shape index (κ1) is 21.9. The number of aliphatic hydroxyl groups is 2. The van der Waals surface area contributed by atoms with Crippen molar-refractivity contribution in [1.82, 2.24) is 9.97 Å². The summed E-state index contributed by atoms with van der Waals surface area (Å²) in [5.74, 6) is 1.48. The third-order valence-electron chi connectivity index (χ3n) is 4.31. The Morgan fingerprint density at radius 2 is 1.60 bits per heavy atom. The van der Waals surface area contributed by atoms with Gasteiger partial charge in [0.2, 0.25) is 11.8 Å². The summed E-state index contributed by atoms with van der Waals surface area (Å²) in [6.45, 7) is 0.0107. The highest BCUT2D eigenvalue weighted by Crippen LogP contribution is 2.40.